The molecule has 0 heterocycles. The van der Waals surface area contributed by atoms with Crippen molar-refractivity contribution in [2.24, 2.45) is 0 Å². The molecule has 4 heteroatoms. The molecule has 0 saturated carbocycles. The van der Waals surface area contributed by atoms with E-state index in [2.05, 4.69) is 11.9 Å². The lowest BCUT2D eigenvalue weighted by molar-refractivity contribution is -0.134. The molecule has 0 bridgehead atoms. The van der Waals surface area contributed by atoms with E-state index in [1.54, 1.807) is 14.0 Å². The third-order valence-corrected chi connectivity index (χ3v) is 1.73. The standard InChI is InChI=1S/C8H14N2O2/c1-5-7(11)10(4)6(2)8(12)9-3/h5-6H,1H2,2-4H3,(H,9,12)/t6-/m0/s1. The zero-order chi connectivity index (χ0) is 9.72. The van der Waals surface area contributed by atoms with Gasteiger partial charge >= 0.3 is 0 Å². The average molecular weight is 170 g/mol. The third-order valence-electron chi connectivity index (χ3n) is 1.73. The van der Waals surface area contributed by atoms with Gasteiger partial charge in [-0.3, -0.25) is 9.59 Å². The topological polar surface area (TPSA) is 49.4 Å². The summed E-state index contributed by atoms with van der Waals surface area (Å²) in [5.41, 5.74) is 0. The summed E-state index contributed by atoms with van der Waals surface area (Å²) in [6.07, 6.45) is 1.18. The van der Waals surface area contributed by atoms with Gasteiger partial charge in [-0.15, -0.1) is 0 Å². The molecule has 0 aromatic rings. The Bertz CT molecular complexity index is 201. The smallest absolute Gasteiger partial charge is 0.246 e. The van der Waals surface area contributed by atoms with Crippen molar-refractivity contribution in [3.63, 3.8) is 0 Å². The minimum Gasteiger partial charge on any atom is -0.357 e. The lowest BCUT2D eigenvalue weighted by Crippen LogP contribution is -2.44. The van der Waals surface area contributed by atoms with Crippen LogP contribution in [0.4, 0.5) is 0 Å². The number of carbonyl (C=O) groups excluding carboxylic acids is 2. The first-order chi connectivity index (χ1) is 5.54. The van der Waals surface area contributed by atoms with Gasteiger partial charge in [0.1, 0.15) is 6.04 Å². The molecule has 2 amide bonds. The Kier molecular flexibility index (Phi) is 4.04. The zero-order valence-electron chi connectivity index (χ0n) is 7.63. The summed E-state index contributed by atoms with van der Waals surface area (Å²) in [5, 5.41) is 2.46. The van der Waals surface area contributed by atoms with Crippen LogP contribution in [0.25, 0.3) is 0 Å². The monoisotopic (exact) mass is 170 g/mol. The van der Waals surface area contributed by atoms with Crippen molar-refractivity contribution < 1.29 is 9.59 Å². The lowest BCUT2D eigenvalue weighted by Gasteiger charge is -2.21. The van der Waals surface area contributed by atoms with Crippen LogP contribution in [0.1, 0.15) is 6.92 Å². The predicted molar refractivity (Wildman–Crippen MR) is 46.5 cm³/mol. The first kappa shape index (κ1) is 10.7. The van der Waals surface area contributed by atoms with Crippen molar-refractivity contribution in [3.8, 4) is 0 Å². The number of hydrogen-bond acceptors (Lipinski definition) is 2. The highest BCUT2D eigenvalue weighted by Crippen LogP contribution is 1.96. The Morgan fingerprint density at radius 3 is 2.42 bits per heavy atom. The van der Waals surface area contributed by atoms with E-state index < -0.39 is 6.04 Å². The normalized spacial score (nSPS) is 11.6. The molecule has 4 nitrogen and oxygen atoms in total. The zero-order valence-corrected chi connectivity index (χ0v) is 7.63. The molecule has 0 saturated heterocycles. The van der Waals surface area contributed by atoms with E-state index >= 15 is 0 Å². The van der Waals surface area contributed by atoms with Crippen molar-refractivity contribution in [3.05, 3.63) is 12.7 Å². The van der Waals surface area contributed by atoms with Crippen molar-refractivity contribution in [2.45, 2.75) is 13.0 Å². The van der Waals surface area contributed by atoms with Gasteiger partial charge in [-0.25, -0.2) is 0 Å². The lowest BCUT2D eigenvalue weighted by atomic mass is 10.3. The maximum absolute atomic E-state index is 11.0. The van der Waals surface area contributed by atoms with Crippen LogP contribution in [0.2, 0.25) is 0 Å². The number of hydrogen-bond donors (Lipinski definition) is 1. The first-order valence-electron chi connectivity index (χ1n) is 3.65. The minimum absolute atomic E-state index is 0.187. The molecular formula is C8H14N2O2. The molecule has 0 aliphatic rings. The van der Waals surface area contributed by atoms with Crippen LogP contribution in [-0.4, -0.2) is 36.9 Å². The van der Waals surface area contributed by atoms with Gasteiger partial charge in [0, 0.05) is 14.1 Å². The molecule has 0 aromatic carbocycles. The van der Waals surface area contributed by atoms with Gasteiger partial charge < -0.3 is 10.2 Å². The second-order valence-corrected chi connectivity index (χ2v) is 2.44. The van der Waals surface area contributed by atoms with E-state index in [-0.39, 0.29) is 11.8 Å². The Morgan fingerprint density at radius 1 is 1.58 bits per heavy atom. The largest absolute Gasteiger partial charge is 0.357 e. The average Bonchev–Trinajstić information content (AvgIpc) is 2.12. The first-order valence-corrected chi connectivity index (χ1v) is 3.65. The molecule has 12 heavy (non-hydrogen) atoms. The fourth-order valence-corrected chi connectivity index (χ4v) is 0.720. The number of amides is 2. The second-order valence-electron chi connectivity index (χ2n) is 2.44. The van der Waals surface area contributed by atoms with Gasteiger partial charge in [0.2, 0.25) is 11.8 Å². The summed E-state index contributed by atoms with van der Waals surface area (Å²) in [6.45, 7) is 4.98. The summed E-state index contributed by atoms with van der Waals surface area (Å²) in [6, 6.07) is -0.458. The molecule has 0 fully saturated rings. The number of nitrogens with one attached hydrogen (secondary N) is 1. The van der Waals surface area contributed by atoms with Crippen LogP contribution in [0, 0.1) is 0 Å². The highest BCUT2D eigenvalue weighted by Gasteiger charge is 2.18. The van der Waals surface area contributed by atoms with Crippen LogP contribution in [0.15, 0.2) is 12.7 Å². The Labute approximate surface area is 72.2 Å². The molecule has 0 unspecified atom stereocenters. The minimum atomic E-state index is -0.458. The highest BCUT2D eigenvalue weighted by molar-refractivity contribution is 5.92. The summed E-state index contributed by atoms with van der Waals surface area (Å²) in [7, 11) is 3.09. The second kappa shape index (κ2) is 4.54. The van der Waals surface area contributed by atoms with E-state index in [9.17, 15) is 9.59 Å². The number of rotatable bonds is 3. The fourth-order valence-electron chi connectivity index (χ4n) is 0.720. The van der Waals surface area contributed by atoms with E-state index in [1.165, 1.54) is 18.0 Å². The SMILES string of the molecule is C=CC(=O)N(C)[C@@H](C)C(=O)NC. The molecule has 0 aliphatic carbocycles. The molecule has 0 aliphatic heterocycles. The fraction of sp³-hybridized carbons (Fsp3) is 0.500. The summed E-state index contributed by atoms with van der Waals surface area (Å²) >= 11 is 0. The van der Waals surface area contributed by atoms with Gasteiger partial charge in [0.05, 0.1) is 0 Å². The van der Waals surface area contributed by atoms with Crippen LogP contribution < -0.4 is 5.32 Å². The van der Waals surface area contributed by atoms with E-state index in [1.807, 2.05) is 0 Å². The van der Waals surface area contributed by atoms with Crippen LogP contribution >= 0.6 is 0 Å². The van der Waals surface area contributed by atoms with E-state index in [0.29, 0.717) is 0 Å². The van der Waals surface area contributed by atoms with Crippen molar-refractivity contribution >= 4 is 11.8 Å². The van der Waals surface area contributed by atoms with E-state index in [4.69, 9.17) is 0 Å². The van der Waals surface area contributed by atoms with Gasteiger partial charge in [-0.2, -0.15) is 0 Å². The Morgan fingerprint density at radius 2 is 2.08 bits per heavy atom. The molecular weight excluding hydrogens is 156 g/mol. The molecule has 1 N–H and O–H groups in total. The third kappa shape index (κ3) is 2.38. The molecule has 0 rings (SSSR count). The maximum atomic E-state index is 11.0. The number of carbonyl (C=O) groups is 2. The quantitative estimate of drug-likeness (QED) is 0.594. The molecule has 1 atom stereocenters. The summed E-state index contributed by atoms with van der Waals surface area (Å²) in [5.74, 6) is -0.446. The molecule has 0 spiro atoms. The molecule has 0 radical (unpaired) electrons. The van der Waals surface area contributed by atoms with Gasteiger partial charge in [-0.05, 0) is 13.0 Å². The van der Waals surface area contributed by atoms with Crippen molar-refractivity contribution in [2.75, 3.05) is 14.1 Å². The van der Waals surface area contributed by atoms with Crippen molar-refractivity contribution in [1.82, 2.24) is 10.2 Å². The number of likely N-dealkylation sites (N-methyl/N-ethyl adjacent to an activating group) is 2. The van der Waals surface area contributed by atoms with E-state index in [0.717, 1.165) is 0 Å². The summed E-state index contributed by atoms with van der Waals surface area (Å²) < 4.78 is 0. The molecule has 68 valence electrons. The van der Waals surface area contributed by atoms with Crippen LogP contribution in [0.3, 0.4) is 0 Å². The van der Waals surface area contributed by atoms with Gasteiger partial charge in [0.25, 0.3) is 0 Å². The Hall–Kier alpha value is -1.32. The van der Waals surface area contributed by atoms with Gasteiger partial charge in [0.15, 0.2) is 0 Å². The highest BCUT2D eigenvalue weighted by atomic mass is 16.2. The predicted octanol–water partition coefficient (Wildman–Crippen LogP) is -0.235. The summed E-state index contributed by atoms with van der Waals surface area (Å²) in [4.78, 5) is 23.4. The molecule has 0 aromatic heterocycles. The Balaban J connectivity index is 4.27. The van der Waals surface area contributed by atoms with Gasteiger partial charge in [-0.1, -0.05) is 6.58 Å². The number of nitrogens with zero attached hydrogens (tertiary/aromatic N) is 1. The maximum Gasteiger partial charge on any atom is 0.246 e. The van der Waals surface area contributed by atoms with Crippen molar-refractivity contribution in [1.29, 1.82) is 0 Å². The van der Waals surface area contributed by atoms with Crippen LogP contribution in [0.5, 0.6) is 0 Å². The van der Waals surface area contributed by atoms with Crippen LogP contribution in [-0.2, 0) is 9.59 Å².